The Kier molecular flexibility index (Phi) is 2.05. The Morgan fingerprint density at radius 2 is 2.20 bits per heavy atom. The number of nitrogens with one attached hydrogen (secondary N) is 1. The largest absolute Gasteiger partial charge is 0.372 e. The maximum Gasteiger partial charge on any atom is 0.101 e. The monoisotopic (exact) mass is 198 g/mol. The molecule has 0 saturated heterocycles. The standard InChI is InChI=1S/C13H14N2/c1-2-4-12-8-10(7-11(12)3-1)9-13-14-5-6-15-13/h1-4,7H,5-6,8-9H2,(H,14,15). The summed E-state index contributed by atoms with van der Waals surface area (Å²) in [5.74, 6) is 1.16. The van der Waals surface area contributed by atoms with E-state index >= 15 is 0 Å². The number of hydrogen-bond acceptors (Lipinski definition) is 2. The molecule has 0 atom stereocenters. The van der Waals surface area contributed by atoms with Gasteiger partial charge >= 0.3 is 0 Å². The van der Waals surface area contributed by atoms with Crippen LogP contribution in [0.25, 0.3) is 6.08 Å². The average molecular weight is 198 g/mol. The Labute approximate surface area is 89.7 Å². The summed E-state index contributed by atoms with van der Waals surface area (Å²) in [5, 5.41) is 3.32. The second kappa shape index (κ2) is 3.54. The van der Waals surface area contributed by atoms with Crippen molar-refractivity contribution in [3.63, 3.8) is 0 Å². The summed E-state index contributed by atoms with van der Waals surface area (Å²) in [4.78, 5) is 4.43. The number of aliphatic imine (C=N–C) groups is 1. The topological polar surface area (TPSA) is 24.4 Å². The lowest BCUT2D eigenvalue weighted by Crippen LogP contribution is -2.18. The molecule has 2 heteroatoms. The third kappa shape index (κ3) is 1.67. The molecule has 1 aromatic carbocycles. The van der Waals surface area contributed by atoms with E-state index in [0.717, 1.165) is 31.8 Å². The predicted octanol–water partition coefficient (Wildman–Crippen LogP) is 2.02. The van der Waals surface area contributed by atoms with Crippen molar-refractivity contribution in [3.05, 3.63) is 41.0 Å². The van der Waals surface area contributed by atoms with Crippen LogP contribution in [0.4, 0.5) is 0 Å². The molecule has 2 aliphatic rings. The maximum absolute atomic E-state index is 4.43. The summed E-state index contributed by atoms with van der Waals surface area (Å²) in [7, 11) is 0. The molecule has 0 unspecified atom stereocenters. The summed E-state index contributed by atoms with van der Waals surface area (Å²) >= 11 is 0. The molecule has 1 N–H and O–H groups in total. The lowest BCUT2D eigenvalue weighted by Gasteiger charge is -2.02. The third-order valence-electron chi connectivity index (χ3n) is 2.97. The minimum atomic E-state index is 0.940. The first-order valence-corrected chi connectivity index (χ1v) is 5.46. The van der Waals surface area contributed by atoms with Crippen LogP contribution in [0.1, 0.15) is 17.5 Å². The molecule has 0 aromatic heterocycles. The van der Waals surface area contributed by atoms with Gasteiger partial charge in [-0.2, -0.15) is 0 Å². The summed E-state index contributed by atoms with van der Waals surface area (Å²) in [6.45, 7) is 1.95. The summed E-state index contributed by atoms with van der Waals surface area (Å²) in [5.41, 5.74) is 4.31. The number of nitrogens with zero attached hydrogens (tertiary/aromatic N) is 1. The molecule has 1 aromatic rings. The second-order valence-corrected chi connectivity index (χ2v) is 4.11. The normalized spacial score (nSPS) is 18.1. The van der Waals surface area contributed by atoms with Crippen molar-refractivity contribution in [2.24, 2.45) is 4.99 Å². The minimum Gasteiger partial charge on any atom is -0.372 e. The van der Waals surface area contributed by atoms with Crippen LogP contribution in [0, 0.1) is 0 Å². The summed E-state index contributed by atoms with van der Waals surface area (Å²) in [6.07, 6.45) is 4.39. The quantitative estimate of drug-likeness (QED) is 0.772. The molecule has 1 aliphatic heterocycles. The molecule has 76 valence electrons. The molecular weight excluding hydrogens is 184 g/mol. The van der Waals surface area contributed by atoms with Crippen LogP contribution < -0.4 is 5.32 Å². The van der Waals surface area contributed by atoms with E-state index in [1.165, 1.54) is 16.7 Å². The van der Waals surface area contributed by atoms with Gasteiger partial charge in [-0.25, -0.2) is 0 Å². The lowest BCUT2D eigenvalue weighted by molar-refractivity contribution is 0.950. The molecule has 0 saturated carbocycles. The van der Waals surface area contributed by atoms with Crippen LogP contribution in [0.15, 0.2) is 34.8 Å². The van der Waals surface area contributed by atoms with Crippen LogP contribution in [0.5, 0.6) is 0 Å². The molecular formula is C13H14N2. The van der Waals surface area contributed by atoms with Gasteiger partial charge in [-0.3, -0.25) is 4.99 Å². The highest BCUT2D eigenvalue weighted by Gasteiger charge is 2.14. The van der Waals surface area contributed by atoms with Crippen molar-refractivity contribution >= 4 is 11.9 Å². The van der Waals surface area contributed by atoms with Gasteiger partial charge in [0.2, 0.25) is 0 Å². The molecule has 2 nitrogen and oxygen atoms in total. The Balaban J connectivity index is 1.76. The van der Waals surface area contributed by atoms with Gasteiger partial charge in [-0.15, -0.1) is 0 Å². The predicted molar refractivity (Wildman–Crippen MR) is 63.0 cm³/mol. The van der Waals surface area contributed by atoms with E-state index in [0.29, 0.717) is 0 Å². The highest BCUT2D eigenvalue weighted by atomic mass is 15.1. The van der Waals surface area contributed by atoms with E-state index in [9.17, 15) is 0 Å². The lowest BCUT2D eigenvalue weighted by atomic mass is 10.1. The number of hydrogen-bond donors (Lipinski definition) is 1. The molecule has 0 spiro atoms. The Hall–Kier alpha value is -1.57. The van der Waals surface area contributed by atoms with E-state index < -0.39 is 0 Å². The first-order valence-electron chi connectivity index (χ1n) is 5.46. The highest BCUT2D eigenvalue weighted by Crippen LogP contribution is 2.26. The molecule has 15 heavy (non-hydrogen) atoms. The van der Waals surface area contributed by atoms with Crippen LogP contribution in [-0.2, 0) is 6.42 Å². The third-order valence-corrected chi connectivity index (χ3v) is 2.97. The van der Waals surface area contributed by atoms with Gasteiger partial charge in [0.05, 0.1) is 6.54 Å². The summed E-state index contributed by atoms with van der Waals surface area (Å²) < 4.78 is 0. The first kappa shape index (κ1) is 8.72. The smallest absolute Gasteiger partial charge is 0.101 e. The zero-order valence-electron chi connectivity index (χ0n) is 8.66. The van der Waals surface area contributed by atoms with Crippen molar-refractivity contribution in [1.82, 2.24) is 5.32 Å². The number of rotatable bonds is 2. The SMILES string of the molecule is C1=C(CC2=NCCN2)Cc2ccccc21. The fourth-order valence-electron chi connectivity index (χ4n) is 2.25. The highest BCUT2D eigenvalue weighted by molar-refractivity contribution is 5.87. The van der Waals surface area contributed by atoms with Crippen molar-refractivity contribution in [2.75, 3.05) is 13.1 Å². The van der Waals surface area contributed by atoms with E-state index in [2.05, 4.69) is 40.7 Å². The average Bonchev–Trinajstić information content (AvgIpc) is 2.86. The fourth-order valence-corrected chi connectivity index (χ4v) is 2.25. The van der Waals surface area contributed by atoms with Gasteiger partial charge in [0.25, 0.3) is 0 Å². The van der Waals surface area contributed by atoms with Crippen molar-refractivity contribution in [2.45, 2.75) is 12.8 Å². The molecule has 0 fully saturated rings. The molecule has 3 rings (SSSR count). The minimum absolute atomic E-state index is 0.940. The molecule has 0 amide bonds. The number of benzene rings is 1. The number of amidine groups is 1. The van der Waals surface area contributed by atoms with Gasteiger partial charge in [0.1, 0.15) is 5.84 Å². The van der Waals surface area contributed by atoms with E-state index in [1.807, 2.05) is 0 Å². The molecule has 1 heterocycles. The van der Waals surface area contributed by atoms with Crippen LogP contribution in [0.2, 0.25) is 0 Å². The van der Waals surface area contributed by atoms with E-state index in [-0.39, 0.29) is 0 Å². The van der Waals surface area contributed by atoms with Gasteiger partial charge in [-0.05, 0) is 17.5 Å². The van der Waals surface area contributed by atoms with Crippen molar-refractivity contribution in [3.8, 4) is 0 Å². The van der Waals surface area contributed by atoms with Gasteiger partial charge < -0.3 is 5.32 Å². The van der Waals surface area contributed by atoms with Crippen LogP contribution >= 0.6 is 0 Å². The first-order chi connectivity index (χ1) is 7.42. The molecule has 1 aliphatic carbocycles. The Morgan fingerprint density at radius 3 is 3.00 bits per heavy atom. The van der Waals surface area contributed by atoms with Crippen molar-refractivity contribution < 1.29 is 0 Å². The van der Waals surface area contributed by atoms with E-state index in [1.54, 1.807) is 0 Å². The summed E-state index contributed by atoms with van der Waals surface area (Å²) in [6, 6.07) is 8.61. The zero-order chi connectivity index (χ0) is 10.1. The second-order valence-electron chi connectivity index (χ2n) is 4.11. The van der Waals surface area contributed by atoms with E-state index in [4.69, 9.17) is 0 Å². The van der Waals surface area contributed by atoms with Crippen LogP contribution in [0.3, 0.4) is 0 Å². The van der Waals surface area contributed by atoms with Crippen LogP contribution in [-0.4, -0.2) is 18.9 Å². The van der Waals surface area contributed by atoms with Gasteiger partial charge in [0, 0.05) is 13.0 Å². The molecule has 0 bridgehead atoms. The van der Waals surface area contributed by atoms with Gasteiger partial charge in [-0.1, -0.05) is 35.9 Å². The number of fused-ring (bicyclic) bond motifs is 1. The van der Waals surface area contributed by atoms with Crippen molar-refractivity contribution in [1.29, 1.82) is 0 Å². The molecule has 0 radical (unpaired) electrons. The van der Waals surface area contributed by atoms with Gasteiger partial charge in [0.15, 0.2) is 0 Å². The Morgan fingerprint density at radius 1 is 1.27 bits per heavy atom. The maximum atomic E-state index is 4.43. The zero-order valence-corrected chi connectivity index (χ0v) is 8.66. The fraction of sp³-hybridized carbons (Fsp3) is 0.308. The Bertz CT molecular complexity index is 444.